The second kappa shape index (κ2) is 7.71. The molecule has 3 N–H and O–H groups in total. The predicted molar refractivity (Wildman–Crippen MR) is 113 cm³/mol. The van der Waals surface area contributed by atoms with Gasteiger partial charge >= 0.3 is 10.3 Å². The molecule has 30 heavy (non-hydrogen) atoms. The highest BCUT2D eigenvalue weighted by Gasteiger charge is 2.53. The van der Waals surface area contributed by atoms with Crippen LogP contribution in [0, 0.1) is 17.3 Å². The number of carbonyl (C=O) groups is 1. The molecule has 3 aliphatic rings. The van der Waals surface area contributed by atoms with Crippen LogP contribution < -0.4 is 19.4 Å². The van der Waals surface area contributed by atoms with Crippen LogP contribution in [0.3, 0.4) is 0 Å². The zero-order valence-electron chi connectivity index (χ0n) is 17.9. The summed E-state index contributed by atoms with van der Waals surface area (Å²) in [7, 11) is -2.70. The van der Waals surface area contributed by atoms with E-state index < -0.39 is 10.3 Å². The molecule has 1 aromatic carbocycles. The second-order valence-corrected chi connectivity index (χ2v) is 10.4. The number of nitrogens with one attached hydrogen (secondary N) is 1. The minimum absolute atomic E-state index is 0.0622. The maximum atomic E-state index is 12.0. The Labute approximate surface area is 179 Å². The molecule has 0 spiro atoms. The van der Waals surface area contributed by atoms with Gasteiger partial charge in [0.2, 0.25) is 5.91 Å². The molecule has 2 fully saturated rings. The lowest BCUT2D eigenvalue weighted by molar-refractivity contribution is -0.120. The lowest BCUT2D eigenvalue weighted by Crippen LogP contribution is -2.44. The molecule has 8 heteroatoms. The van der Waals surface area contributed by atoms with Crippen LogP contribution in [0.15, 0.2) is 12.1 Å². The first-order valence-electron chi connectivity index (χ1n) is 10.9. The molecule has 5 atom stereocenters. The van der Waals surface area contributed by atoms with E-state index >= 15 is 0 Å². The van der Waals surface area contributed by atoms with Gasteiger partial charge in [0.05, 0.1) is 13.2 Å². The Balaban J connectivity index is 1.81. The minimum Gasteiger partial charge on any atom is -0.493 e. The molecule has 0 saturated heterocycles. The first kappa shape index (κ1) is 21.4. The van der Waals surface area contributed by atoms with Crippen LogP contribution in [0.2, 0.25) is 0 Å². The molecule has 166 valence electrons. The molecule has 1 amide bonds. The van der Waals surface area contributed by atoms with Gasteiger partial charge in [-0.05, 0) is 78.5 Å². The van der Waals surface area contributed by atoms with Crippen LogP contribution in [0.5, 0.6) is 11.5 Å². The maximum absolute atomic E-state index is 12.0. The van der Waals surface area contributed by atoms with E-state index in [0.29, 0.717) is 28.9 Å². The molecule has 7 nitrogen and oxygen atoms in total. The molecule has 1 aromatic rings. The second-order valence-electron chi connectivity index (χ2n) is 9.22. The van der Waals surface area contributed by atoms with Crippen LogP contribution >= 0.6 is 0 Å². The van der Waals surface area contributed by atoms with Gasteiger partial charge in [0, 0.05) is 6.92 Å². The van der Waals surface area contributed by atoms with Crippen LogP contribution in [-0.4, -0.2) is 21.4 Å². The summed E-state index contributed by atoms with van der Waals surface area (Å²) in [5.74, 6) is 1.86. The number of fused-ring (bicyclic) bond motifs is 5. The van der Waals surface area contributed by atoms with Crippen molar-refractivity contribution in [2.45, 2.75) is 70.8 Å². The van der Waals surface area contributed by atoms with Crippen molar-refractivity contribution in [3.63, 3.8) is 0 Å². The number of rotatable bonds is 5. The number of ether oxygens (including phenoxy) is 1. The lowest BCUT2D eigenvalue weighted by atomic mass is 9.54. The van der Waals surface area contributed by atoms with E-state index in [4.69, 9.17) is 14.1 Å². The van der Waals surface area contributed by atoms with Crippen LogP contribution in [0.4, 0.5) is 0 Å². The normalized spacial score (nSPS) is 32.5. The van der Waals surface area contributed by atoms with Gasteiger partial charge in [0.1, 0.15) is 0 Å². The zero-order valence-corrected chi connectivity index (χ0v) is 18.8. The summed E-state index contributed by atoms with van der Waals surface area (Å²) >= 11 is 0. The van der Waals surface area contributed by atoms with Crippen molar-refractivity contribution in [2.24, 2.45) is 22.4 Å². The van der Waals surface area contributed by atoms with Gasteiger partial charge in [-0.25, -0.2) is 0 Å². The molecule has 0 aromatic heterocycles. The number of benzene rings is 1. The van der Waals surface area contributed by atoms with Crippen molar-refractivity contribution >= 4 is 16.2 Å². The fraction of sp³-hybridized carbons (Fsp3) is 0.682. The maximum Gasteiger partial charge on any atom is 0.380 e. The Bertz CT molecular complexity index is 947. The third kappa shape index (κ3) is 3.68. The number of hydrogen-bond acceptors (Lipinski definition) is 5. The van der Waals surface area contributed by atoms with Crippen LogP contribution in [0.1, 0.15) is 81.9 Å². The summed E-state index contributed by atoms with van der Waals surface area (Å²) in [5, 5.41) is 8.19. The summed E-state index contributed by atoms with van der Waals surface area (Å²) in [6.07, 6.45) is 8.24. The Morgan fingerprint density at radius 2 is 1.97 bits per heavy atom. The van der Waals surface area contributed by atoms with Crippen LogP contribution in [0.25, 0.3) is 0 Å². The summed E-state index contributed by atoms with van der Waals surface area (Å²) in [6.45, 7) is 3.84. The average Bonchev–Trinajstić information content (AvgIpc) is 3.11. The van der Waals surface area contributed by atoms with E-state index in [1.54, 1.807) is 6.07 Å². The quantitative estimate of drug-likeness (QED) is 0.734. The first-order chi connectivity index (χ1) is 14.2. The van der Waals surface area contributed by atoms with E-state index in [1.165, 1.54) is 46.1 Å². The van der Waals surface area contributed by atoms with Crippen molar-refractivity contribution in [1.29, 1.82) is 0 Å². The molecule has 0 aliphatic heterocycles. The monoisotopic (exact) mass is 436 g/mol. The van der Waals surface area contributed by atoms with Gasteiger partial charge in [-0.2, -0.15) is 13.6 Å². The zero-order chi connectivity index (χ0) is 21.7. The van der Waals surface area contributed by atoms with E-state index in [9.17, 15) is 13.2 Å². The largest absolute Gasteiger partial charge is 0.493 e. The van der Waals surface area contributed by atoms with Gasteiger partial charge in [-0.15, -0.1) is 0 Å². The van der Waals surface area contributed by atoms with Crippen LogP contribution in [-0.2, 0) is 15.1 Å². The fourth-order valence-corrected chi connectivity index (χ4v) is 7.14. The van der Waals surface area contributed by atoms with E-state index in [1.807, 2.05) is 6.07 Å². The van der Waals surface area contributed by atoms with Gasteiger partial charge in [0.15, 0.2) is 11.5 Å². The third-order valence-corrected chi connectivity index (χ3v) is 8.31. The van der Waals surface area contributed by atoms with Crippen molar-refractivity contribution in [3.05, 3.63) is 23.3 Å². The Morgan fingerprint density at radius 3 is 2.60 bits per heavy atom. The highest BCUT2D eigenvalue weighted by atomic mass is 32.2. The van der Waals surface area contributed by atoms with Gasteiger partial charge in [-0.1, -0.05) is 19.8 Å². The van der Waals surface area contributed by atoms with Gasteiger partial charge in [-0.3, -0.25) is 4.79 Å². The third-order valence-electron chi connectivity index (χ3n) is 7.90. The van der Waals surface area contributed by atoms with Crippen molar-refractivity contribution < 1.29 is 22.1 Å². The Kier molecular flexibility index (Phi) is 5.51. The summed E-state index contributed by atoms with van der Waals surface area (Å²) in [5.41, 5.74) is 2.48. The van der Waals surface area contributed by atoms with Gasteiger partial charge < -0.3 is 14.2 Å². The minimum atomic E-state index is -4.19. The molecule has 3 aliphatic carbocycles. The molecule has 0 heterocycles. The topological polar surface area (TPSA) is 108 Å². The molecule has 0 radical (unpaired) electrons. The average molecular weight is 437 g/mol. The Hall–Kier alpha value is -1.80. The summed E-state index contributed by atoms with van der Waals surface area (Å²) in [4.78, 5) is 12.0. The molecular formula is C22H32N2O5S. The molecule has 2 saturated carbocycles. The molecule has 3 unspecified atom stereocenters. The van der Waals surface area contributed by atoms with Gasteiger partial charge in [0.25, 0.3) is 0 Å². The van der Waals surface area contributed by atoms with E-state index in [2.05, 4.69) is 12.2 Å². The number of hydrogen-bond donors (Lipinski definition) is 2. The Morgan fingerprint density at radius 1 is 1.23 bits per heavy atom. The summed E-state index contributed by atoms with van der Waals surface area (Å²) < 4.78 is 33.5. The number of nitrogens with two attached hydrogens (primary N) is 1. The number of amides is 1. The molecule has 0 bridgehead atoms. The fourth-order valence-electron chi connectivity index (χ4n) is 6.76. The lowest BCUT2D eigenvalue weighted by Gasteiger charge is -2.52. The number of carbonyl (C=O) groups excluding carboxylic acids is 1. The molecular weight excluding hydrogens is 404 g/mol. The SMILES string of the molecule is CC[C@@]12CCCC1C1C[C@H](NC(C)=O)c3cc(OS(N)(=O)=O)c(OC)cc3C1CC2. The first-order valence-corrected chi connectivity index (χ1v) is 12.4. The van der Waals surface area contributed by atoms with E-state index in [0.717, 1.165) is 24.0 Å². The summed E-state index contributed by atoms with van der Waals surface area (Å²) in [6, 6.07) is 3.40. The van der Waals surface area contributed by atoms with E-state index in [-0.39, 0.29) is 17.7 Å². The number of methoxy groups -OCH3 is 1. The highest BCUT2D eigenvalue weighted by Crippen LogP contribution is 2.63. The predicted octanol–water partition coefficient (Wildman–Crippen LogP) is 3.55. The molecule has 4 rings (SSSR count). The van der Waals surface area contributed by atoms with Crippen molar-refractivity contribution in [3.8, 4) is 11.5 Å². The van der Waals surface area contributed by atoms with Crippen molar-refractivity contribution in [1.82, 2.24) is 5.32 Å². The highest BCUT2D eigenvalue weighted by molar-refractivity contribution is 7.84. The smallest absolute Gasteiger partial charge is 0.380 e. The standard InChI is InChI=1S/C22H32N2O5S/c1-4-22-8-5-6-18(22)16-10-19(24-13(2)25)17-12-21(29-30(23,26)27)20(28-3)11-15(17)14(16)7-9-22/h11-12,14,16,18-19H,4-10H2,1-3H3,(H,24,25)(H2,23,26,27)/t14?,16?,18?,19-,22-/m0/s1. The van der Waals surface area contributed by atoms with Crippen molar-refractivity contribution in [2.75, 3.05) is 7.11 Å².